The van der Waals surface area contributed by atoms with Gasteiger partial charge in [-0.3, -0.25) is 0 Å². The molecule has 1 saturated heterocycles. The zero-order valence-electron chi connectivity index (χ0n) is 8.71. The van der Waals surface area contributed by atoms with Gasteiger partial charge >= 0.3 is 0 Å². The second kappa shape index (κ2) is 4.60. The summed E-state index contributed by atoms with van der Waals surface area (Å²) < 4.78 is 11.7. The van der Waals surface area contributed by atoms with Crippen LogP contribution in [0.3, 0.4) is 0 Å². The summed E-state index contributed by atoms with van der Waals surface area (Å²) in [5.74, 6) is 0.0701. The summed E-state index contributed by atoms with van der Waals surface area (Å²) >= 11 is 0. The minimum absolute atomic E-state index is 0.249. The van der Waals surface area contributed by atoms with Gasteiger partial charge in [0.15, 0.2) is 5.79 Å². The molecular formula is C11H20O3. The summed E-state index contributed by atoms with van der Waals surface area (Å²) in [5, 5.41) is 9.02. The summed E-state index contributed by atoms with van der Waals surface area (Å²) in [6.45, 7) is 1.89. The van der Waals surface area contributed by atoms with Gasteiger partial charge in [-0.15, -0.1) is 0 Å². The molecule has 2 aliphatic rings. The fourth-order valence-electron chi connectivity index (χ4n) is 2.68. The maximum absolute atomic E-state index is 9.02. The van der Waals surface area contributed by atoms with Gasteiger partial charge in [-0.05, 0) is 25.7 Å². The summed E-state index contributed by atoms with van der Waals surface area (Å²) in [6.07, 6.45) is 6.42. The van der Waals surface area contributed by atoms with E-state index in [1.807, 2.05) is 0 Å². The van der Waals surface area contributed by atoms with Crippen LogP contribution in [0.1, 0.15) is 38.5 Å². The fraction of sp³-hybridized carbons (Fsp3) is 1.00. The molecule has 1 unspecified atom stereocenters. The third-order valence-corrected chi connectivity index (χ3v) is 3.41. The van der Waals surface area contributed by atoms with Crippen molar-refractivity contribution in [2.75, 3.05) is 19.8 Å². The van der Waals surface area contributed by atoms with Crippen molar-refractivity contribution in [2.24, 2.45) is 5.92 Å². The zero-order valence-corrected chi connectivity index (χ0v) is 8.71. The predicted molar refractivity (Wildman–Crippen MR) is 52.9 cm³/mol. The Labute approximate surface area is 85.4 Å². The number of aliphatic hydroxyl groups is 1. The molecule has 1 spiro atoms. The molecule has 1 aliphatic carbocycles. The SMILES string of the molecule is OCCC1CCCCC12OCCCO2. The van der Waals surface area contributed by atoms with Crippen LogP contribution in [-0.4, -0.2) is 30.7 Å². The Morgan fingerprint density at radius 1 is 1.14 bits per heavy atom. The molecule has 2 rings (SSSR count). The molecule has 1 heterocycles. The van der Waals surface area contributed by atoms with E-state index in [0.29, 0.717) is 5.92 Å². The van der Waals surface area contributed by atoms with Crippen molar-refractivity contribution in [1.82, 2.24) is 0 Å². The maximum atomic E-state index is 9.02. The van der Waals surface area contributed by atoms with Crippen molar-refractivity contribution in [3.05, 3.63) is 0 Å². The normalized spacial score (nSPS) is 31.9. The van der Waals surface area contributed by atoms with E-state index < -0.39 is 0 Å². The molecule has 0 aromatic carbocycles. The molecule has 82 valence electrons. The fourth-order valence-corrected chi connectivity index (χ4v) is 2.68. The van der Waals surface area contributed by atoms with Crippen molar-refractivity contribution in [2.45, 2.75) is 44.3 Å². The van der Waals surface area contributed by atoms with Crippen LogP contribution >= 0.6 is 0 Å². The highest BCUT2D eigenvalue weighted by Gasteiger charge is 2.43. The molecule has 0 amide bonds. The van der Waals surface area contributed by atoms with Crippen LogP contribution in [0, 0.1) is 5.92 Å². The minimum Gasteiger partial charge on any atom is -0.396 e. The smallest absolute Gasteiger partial charge is 0.171 e. The third kappa shape index (κ3) is 1.95. The van der Waals surface area contributed by atoms with E-state index in [1.54, 1.807) is 0 Å². The zero-order chi connectivity index (χ0) is 9.86. The van der Waals surface area contributed by atoms with Gasteiger partial charge in [0.25, 0.3) is 0 Å². The lowest BCUT2D eigenvalue weighted by Gasteiger charge is -2.45. The quantitative estimate of drug-likeness (QED) is 0.737. The Kier molecular flexibility index (Phi) is 3.42. The van der Waals surface area contributed by atoms with E-state index in [-0.39, 0.29) is 12.4 Å². The van der Waals surface area contributed by atoms with Gasteiger partial charge in [0.2, 0.25) is 0 Å². The van der Waals surface area contributed by atoms with Crippen molar-refractivity contribution in [3.63, 3.8) is 0 Å². The molecule has 14 heavy (non-hydrogen) atoms. The molecule has 0 bridgehead atoms. The molecule has 0 radical (unpaired) electrons. The highest BCUT2D eigenvalue weighted by Crippen LogP contribution is 2.41. The molecule has 2 fully saturated rings. The van der Waals surface area contributed by atoms with Gasteiger partial charge in [-0.1, -0.05) is 6.42 Å². The van der Waals surface area contributed by atoms with E-state index >= 15 is 0 Å². The molecule has 1 atom stereocenters. The van der Waals surface area contributed by atoms with Crippen LogP contribution in [0.4, 0.5) is 0 Å². The maximum Gasteiger partial charge on any atom is 0.171 e. The highest BCUT2D eigenvalue weighted by atomic mass is 16.7. The van der Waals surface area contributed by atoms with E-state index in [4.69, 9.17) is 14.6 Å². The van der Waals surface area contributed by atoms with Crippen LogP contribution in [0.2, 0.25) is 0 Å². The Morgan fingerprint density at radius 3 is 2.64 bits per heavy atom. The lowest BCUT2D eigenvalue weighted by atomic mass is 9.81. The van der Waals surface area contributed by atoms with Gasteiger partial charge in [0, 0.05) is 18.9 Å². The van der Waals surface area contributed by atoms with Crippen LogP contribution in [-0.2, 0) is 9.47 Å². The van der Waals surface area contributed by atoms with Crippen molar-refractivity contribution in [1.29, 1.82) is 0 Å². The Bertz CT molecular complexity index is 165. The molecule has 0 aromatic rings. The Morgan fingerprint density at radius 2 is 1.93 bits per heavy atom. The summed E-state index contributed by atoms with van der Waals surface area (Å²) in [4.78, 5) is 0. The number of hydrogen-bond donors (Lipinski definition) is 1. The van der Waals surface area contributed by atoms with E-state index in [1.165, 1.54) is 12.8 Å². The monoisotopic (exact) mass is 200 g/mol. The molecule has 3 heteroatoms. The standard InChI is InChI=1S/C11H20O3/c12-7-5-10-4-1-2-6-11(10)13-8-3-9-14-11/h10,12H,1-9H2. The topological polar surface area (TPSA) is 38.7 Å². The van der Waals surface area contributed by atoms with Crippen LogP contribution in [0.15, 0.2) is 0 Å². The molecule has 1 N–H and O–H groups in total. The molecule has 1 aliphatic heterocycles. The first kappa shape index (κ1) is 10.4. The van der Waals surface area contributed by atoms with Crippen LogP contribution in [0.25, 0.3) is 0 Å². The van der Waals surface area contributed by atoms with Crippen LogP contribution < -0.4 is 0 Å². The van der Waals surface area contributed by atoms with Crippen molar-refractivity contribution >= 4 is 0 Å². The highest BCUT2D eigenvalue weighted by molar-refractivity contribution is 4.85. The first-order valence-corrected chi connectivity index (χ1v) is 5.76. The molecular weight excluding hydrogens is 180 g/mol. The lowest BCUT2D eigenvalue weighted by Crippen LogP contribution is -2.49. The van der Waals surface area contributed by atoms with Crippen LogP contribution in [0.5, 0.6) is 0 Å². The third-order valence-electron chi connectivity index (χ3n) is 3.41. The van der Waals surface area contributed by atoms with Gasteiger partial charge < -0.3 is 14.6 Å². The predicted octanol–water partition coefficient (Wildman–Crippen LogP) is 1.69. The lowest BCUT2D eigenvalue weighted by molar-refractivity contribution is -0.307. The van der Waals surface area contributed by atoms with Gasteiger partial charge in [-0.25, -0.2) is 0 Å². The summed E-state index contributed by atoms with van der Waals surface area (Å²) in [7, 11) is 0. The van der Waals surface area contributed by atoms with Gasteiger partial charge in [0.1, 0.15) is 0 Å². The van der Waals surface area contributed by atoms with Crippen molar-refractivity contribution in [3.8, 4) is 0 Å². The number of ether oxygens (including phenoxy) is 2. The van der Waals surface area contributed by atoms with Gasteiger partial charge in [0.05, 0.1) is 13.2 Å². The Balaban J connectivity index is 2.02. The Hall–Kier alpha value is -0.120. The first-order valence-electron chi connectivity index (χ1n) is 5.76. The minimum atomic E-state index is -0.334. The molecule has 3 nitrogen and oxygen atoms in total. The van der Waals surface area contributed by atoms with Gasteiger partial charge in [-0.2, -0.15) is 0 Å². The van der Waals surface area contributed by atoms with E-state index in [2.05, 4.69) is 0 Å². The summed E-state index contributed by atoms with van der Waals surface area (Å²) in [6, 6.07) is 0. The summed E-state index contributed by atoms with van der Waals surface area (Å²) in [5.41, 5.74) is 0. The first-order chi connectivity index (χ1) is 6.87. The molecule has 1 saturated carbocycles. The van der Waals surface area contributed by atoms with E-state index in [0.717, 1.165) is 38.9 Å². The average molecular weight is 200 g/mol. The molecule has 0 aromatic heterocycles. The second-order valence-corrected chi connectivity index (χ2v) is 4.32. The second-order valence-electron chi connectivity index (χ2n) is 4.32. The van der Waals surface area contributed by atoms with E-state index in [9.17, 15) is 0 Å². The average Bonchev–Trinajstić information content (AvgIpc) is 2.23. The number of aliphatic hydroxyl groups excluding tert-OH is 1. The number of hydrogen-bond acceptors (Lipinski definition) is 3. The number of rotatable bonds is 2. The van der Waals surface area contributed by atoms with Crippen molar-refractivity contribution < 1.29 is 14.6 Å². The largest absolute Gasteiger partial charge is 0.396 e.